The van der Waals surface area contributed by atoms with Gasteiger partial charge in [0.25, 0.3) is 0 Å². The smallest absolute Gasteiger partial charge is 0.177 e. The van der Waals surface area contributed by atoms with Gasteiger partial charge in [0, 0.05) is 19.6 Å². The first-order valence-corrected chi connectivity index (χ1v) is 8.92. The standard InChI is InChI=1S/C18H23NO3S/c1-13-7-9-23-18(13)17(20)14-4-3-8-19(10-14)11-15-5-6-16(22-15)12-21-2/h5-7,9,14H,3-4,8,10-12H2,1-2H3/t14-/m0/s1. The highest BCUT2D eigenvalue weighted by atomic mass is 32.1. The Kier molecular flexibility index (Phi) is 5.30. The molecule has 0 amide bonds. The molecule has 1 aliphatic rings. The fraction of sp³-hybridized carbons (Fsp3) is 0.500. The van der Waals surface area contributed by atoms with Crippen molar-refractivity contribution >= 4 is 17.1 Å². The fourth-order valence-corrected chi connectivity index (χ4v) is 4.12. The summed E-state index contributed by atoms with van der Waals surface area (Å²) in [5, 5.41) is 2.00. The molecule has 0 saturated carbocycles. The minimum Gasteiger partial charge on any atom is -0.462 e. The predicted molar refractivity (Wildman–Crippen MR) is 90.8 cm³/mol. The van der Waals surface area contributed by atoms with Crippen LogP contribution in [0.2, 0.25) is 0 Å². The predicted octanol–water partition coefficient (Wildman–Crippen LogP) is 3.89. The number of carbonyl (C=O) groups is 1. The van der Waals surface area contributed by atoms with Gasteiger partial charge in [-0.3, -0.25) is 9.69 Å². The highest BCUT2D eigenvalue weighted by Crippen LogP contribution is 2.26. The first-order chi connectivity index (χ1) is 11.2. The molecule has 1 saturated heterocycles. The SMILES string of the molecule is COCc1ccc(CN2CCC[C@H](C(=O)c3sccc3C)C2)o1. The second-order valence-electron chi connectivity index (χ2n) is 6.17. The Morgan fingerprint density at radius 3 is 2.96 bits per heavy atom. The Balaban J connectivity index is 1.61. The van der Waals surface area contributed by atoms with E-state index in [0.29, 0.717) is 12.4 Å². The minimum absolute atomic E-state index is 0.106. The van der Waals surface area contributed by atoms with Crippen molar-refractivity contribution < 1.29 is 13.9 Å². The molecular weight excluding hydrogens is 310 g/mol. The number of thiophene rings is 1. The molecule has 0 radical (unpaired) electrons. The van der Waals surface area contributed by atoms with Gasteiger partial charge < -0.3 is 9.15 Å². The van der Waals surface area contributed by atoms with Gasteiger partial charge in [-0.05, 0) is 55.5 Å². The van der Waals surface area contributed by atoms with E-state index < -0.39 is 0 Å². The minimum atomic E-state index is 0.106. The molecule has 1 atom stereocenters. The highest BCUT2D eigenvalue weighted by Gasteiger charge is 2.28. The number of Topliss-reactive ketones (excluding diaryl/α,β-unsaturated/α-hetero) is 1. The van der Waals surface area contributed by atoms with Crippen LogP contribution in [0.3, 0.4) is 0 Å². The van der Waals surface area contributed by atoms with E-state index in [4.69, 9.17) is 9.15 Å². The number of hydrogen-bond acceptors (Lipinski definition) is 5. The van der Waals surface area contributed by atoms with Crippen LogP contribution < -0.4 is 0 Å². The van der Waals surface area contributed by atoms with Gasteiger partial charge in [-0.2, -0.15) is 0 Å². The summed E-state index contributed by atoms with van der Waals surface area (Å²) in [5.41, 5.74) is 1.10. The van der Waals surface area contributed by atoms with Crippen molar-refractivity contribution in [3.63, 3.8) is 0 Å². The van der Waals surface area contributed by atoms with Crippen molar-refractivity contribution in [2.45, 2.75) is 32.9 Å². The topological polar surface area (TPSA) is 42.7 Å². The van der Waals surface area contributed by atoms with Gasteiger partial charge in [0.15, 0.2) is 5.78 Å². The number of furan rings is 1. The maximum Gasteiger partial charge on any atom is 0.177 e. The summed E-state index contributed by atoms with van der Waals surface area (Å²) in [5.74, 6) is 2.20. The molecule has 1 fully saturated rings. The van der Waals surface area contributed by atoms with E-state index in [1.54, 1.807) is 18.4 Å². The molecule has 124 valence electrons. The maximum absolute atomic E-state index is 12.7. The molecule has 0 bridgehead atoms. The average Bonchev–Trinajstić information content (AvgIpc) is 3.16. The second kappa shape index (κ2) is 7.43. The van der Waals surface area contributed by atoms with Crippen LogP contribution in [0, 0.1) is 12.8 Å². The molecule has 0 aromatic carbocycles. The average molecular weight is 333 g/mol. The molecule has 0 N–H and O–H groups in total. The highest BCUT2D eigenvalue weighted by molar-refractivity contribution is 7.12. The summed E-state index contributed by atoms with van der Waals surface area (Å²) >= 11 is 1.56. The van der Waals surface area contributed by atoms with Crippen LogP contribution in [-0.4, -0.2) is 30.9 Å². The van der Waals surface area contributed by atoms with Crippen molar-refractivity contribution in [1.82, 2.24) is 4.90 Å². The molecule has 5 heteroatoms. The number of methoxy groups -OCH3 is 1. The van der Waals surface area contributed by atoms with Crippen molar-refractivity contribution in [2.75, 3.05) is 20.2 Å². The number of piperidine rings is 1. The molecule has 3 heterocycles. The van der Waals surface area contributed by atoms with Crippen LogP contribution in [0.5, 0.6) is 0 Å². The zero-order valence-electron chi connectivity index (χ0n) is 13.7. The number of likely N-dealkylation sites (tertiary alicyclic amines) is 1. The summed E-state index contributed by atoms with van der Waals surface area (Å²) in [6.07, 6.45) is 2.05. The monoisotopic (exact) mass is 333 g/mol. The molecule has 0 spiro atoms. The van der Waals surface area contributed by atoms with Gasteiger partial charge in [-0.25, -0.2) is 0 Å². The molecular formula is C18H23NO3S. The second-order valence-corrected chi connectivity index (χ2v) is 7.09. The maximum atomic E-state index is 12.7. The lowest BCUT2D eigenvalue weighted by Crippen LogP contribution is -2.38. The molecule has 4 nitrogen and oxygen atoms in total. The number of rotatable bonds is 6. The lowest BCUT2D eigenvalue weighted by Gasteiger charge is -2.31. The van der Waals surface area contributed by atoms with Crippen molar-refractivity contribution in [3.8, 4) is 0 Å². The largest absolute Gasteiger partial charge is 0.462 e. The van der Waals surface area contributed by atoms with E-state index in [1.807, 2.05) is 30.5 Å². The fourth-order valence-electron chi connectivity index (χ4n) is 3.17. The number of nitrogens with zero attached hydrogens (tertiary/aromatic N) is 1. The van der Waals surface area contributed by atoms with Crippen molar-refractivity contribution in [1.29, 1.82) is 0 Å². The van der Waals surface area contributed by atoms with Crippen LogP contribution in [0.15, 0.2) is 28.0 Å². The third-order valence-corrected chi connectivity index (χ3v) is 5.38. The van der Waals surface area contributed by atoms with Crippen molar-refractivity contribution in [2.24, 2.45) is 5.92 Å². The summed E-state index contributed by atoms with van der Waals surface area (Å²) in [4.78, 5) is 16.0. The Morgan fingerprint density at radius 2 is 2.22 bits per heavy atom. The zero-order chi connectivity index (χ0) is 16.2. The molecule has 3 rings (SSSR count). The zero-order valence-corrected chi connectivity index (χ0v) is 14.5. The molecule has 23 heavy (non-hydrogen) atoms. The van der Waals surface area contributed by atoms with E-state index in [0.717, 1.165) is 54.4 Å². The van der Waals surface area contributed by atoms with Gasteiger partial charge in [0.05, 0.1) is 11.4 Å². The first kappa shape index (κ1) is 16.4. The van der Waals surface area contributed by atoms with Crippen LogP contribution in [-0.2, 0) is 17.9 Å². The third-order valence-electron chi connectivity index (χ3n) is 4.35. The van der Waals surface area contributed by atoms with Crippen LogP contribution in [0.4, 0.5) is 0 Å². The van der Waals surface area contributed by atoms with E-state index in [2.05, 4.69) is 4.90 Å². The van der Waals surface area contributed by atoms with Gasteiger partial charge in [0.2, 0.25) is 0 Å². The van der Waals surface area contributed by atoms with Gasteiger partial charge >= 0.3 is 0 Å². The number of carbonyl (C=O) groups excluding carboxylic acids is 1. The van der Waals surface area contributed by atoms with Gasteiger partial charge in [-0.15, -0.1) is 11.3 Å². The normalized spacial score (nSPS) is 19.1. The van der Waals surface area contributed by atoms with E-state index in [1.165, 1.54) is 0 Å². The summed E-state index contributed by atoms with van der Waals surface area (Å²) in [6, 6.07) is 5.99. The molecule has 2 aromatic heterocycles. The number of aryl methyl sites for hydroxylation is 1. The molecule has 0 unspecified atom stereocenters. The van der Waals surface area contributed by atoms with Crippen molar-refractivity contribution in [3.05, 3.63) is 45.5 Å². The van der Waals surface area contributed by atoms with E-state index >= 15 is 0 Å². The Bertz CT molecular complexity index is 661. The van der Waals surface area contributed by atoms with E-state index in [9.17, 15) is 4.79 Å². The van der Waals surface area contributed by atoms with Crippen LogP contribution in [0.1, 0.15) is 39.6 Å². The quantitative estimate of drug-likeness (QED) is 0.752. The van der Waals surface area contributed by atoms with Gasteiger partial charge in [0.1, 0.15) is 18.1 Å². The summed E-state index contributed by atoms with van der Waals surface area (Å²) < 4.78 is 10.8. The Hall–Kier alpha value is -1.43. The Morgan fingerprint density at radius 1 is 1.39 bits per heavy atom. The first-order valence-electron chi connectivity index (χ1n) is 8.04. The van der Waals surface area contributed by atoms with Crippen LogP contribution in [0.25, 0.3) is 0 Å². The third kappa shape index (κ3) is 3.91. The summed E-state index contributed by atoms with van der Waals surface area (Å²) in [6.45, 7) is 5.12. The Labute approximate surface area is 141 Å². The van der Waals surface area contributed by atoms with Crippen LogP contribution >= 0.6 is 11.3 Å². The number of ketones is 1. The van der Waals surface area contributed by atoms with E-state index in [-0.39, 0.29) is 5.92 Å². The number of ether oxygens (including phenoxy) is 1. The summed E-state index contributed by atoms with van der Waals surface area (Å²) in [7, 11) is 1.66. The lowest BCUT2D eigenvalue weighted by molar-refractivity contribution is 0.0804. The molecule has 1 aliphatic heterocycles. The van der Waals surface area contributed by atoms with Gasteiger partial charge in [-0.1, -0.05) is 0 Å². The number of hydrogen-bond donors (Lipinski definition) is 0. The lowest BCUT2D eigenvalue weighted by atomic mass is 9.92. The molecule has 0 aliphatic carbocycles. The molecule has 2 aromatic rings.